The summed E-state index contributed by atoms with van der Waals surface area (Å²) in [4.78, 5) is 6.83. The van der Waals surface area contributed by atoms with Crippen LogP contribution in [0.4, 0.5) is 0 Å². The number of nitrogens with one attached hydrogen (secondary N) is 1. The second kappa shape index (κ2) is 5.62. The Kier molecular flexibility index (Phi) is 4.16. The van der Waals surface area contributed by atoms with E-state index in [4.69, 9.17) is 11.6 Å². The van der Waals surface area contributed by atoms with Crippen LogP contribution in [-0.2, 0) is 6.54 Å². The van der Waals surface area contributed by atoms with Crippen molar-refractivity contribution >= 4 is 11.6 Å². The molecule has 1 saturated heterocycles. The Bertz CT molecular complexity index is 346. The van der Waals surface area contributed by atoms with Crippen LogP contribution in [0, 0.1) is 6.92 Å². The molecule has 0 unspecified atom stereocenters. The Labute approximate surface area is 102 Å². The average molecular weight is 240 g/mol. The first-order valence-electron chi connectivity index (χ1n) is 5.81. The molecule has 88 valence electrons. The molecule has 1 fully saturated rings. The van der Waals surface area contributed by atoms with Gasteiger partial charge in [0, 0.05) is 19.6 Å². The van der Waals surface area contributed by atoms with E-state index in [1.54, 1.807) is 0 Å². The molecule has 0 spiro atoms. The van der Waals surface area contributed by atoms with E-state index in [0.29, 0.717) is 5.15 Å². The van der Waals surface area contributed by atoms with Crippen LogP contribution in [0.15, 0.2) is 12.1 Å². The van der Waals surface area contributed by atoms with Crippen molar-refractivity contribution in [1.29, 1.82) is 0 Å². The Balaban J connectivity index is 1.99. The van der Waals surface area contributed by atoms with Crippen molar-refractivity contribution in [3.05, 3.63) is 28.5 Å². The third kappa shape index (κ3) is 3.17. The molecular weight excluding hydrogens is 222 g/mol. The first kappa shape index (κ1) is 11.8. The van der Waals surface area contributed by atoms with Gasteiger partial charge in [0.15, 0.2) is 0 Å². The molecule has 0 saturated carbocycles. The first-order valence-corrected chi connectivity index (χ1v) is 6.18. The molecular formula is C12H18ClN3. The maximum Gasteiger partial charge on any atom is 0.132 e. The molecule has 0 bridgehead atoms. The zero-order chi connectivity index (χ0) is 11.4. The zero-order valence-corrected chi connectivity index (χ0v) is 10.4. The third-order valence-corrected chi connectivity index (χ3v) is 3.29. The molecule has 0 atom stereocenters. The highest BCUT2D eigenvalue weighted by Gasteiger charge is 2.10. The maximum atomic E-state index is 6.02. The molecule has 0 aromatic carbocycles. The number of rotatable bonds is 2. The number of hydrogen-bond donors (Lipinski definition) is 1. The smallest absolute Gasteiger partial charge is 0.132 e. The Morgan fingerprint density at radius 1 is 1.38 bits per heavy atom. The number of hydrogen-bond acceptors (Lipinski definition) is 3. The van der Waals surface area contributed by atoms with Crippen molar-refractivity contribution in [3.8, 4) is 0 Å². The molecule has 3 nitrogen and oxygen atoms in total. The van der Waals surface area contributed by atoms with Gasteiger partial charge in [0.05, 0.1) is 5.69 Å². The van der Waals surface area contributed by atoms with Crippen molar-refractivity contribution in [1.82, 2.24) is 15.2 Å². The molecule has 0 radical (unpaired) electrons. The molecule has 0 amide bonds. The second-order valence-electron chi connectivity index (χ2n) is 4.29. The zero-order valence-electron chi connectivity index (χ0n) is 9.67. The van der Waals surface area contributed by atoms with Crippen LogP contribution >= 0.6 is 11.6 Å². The van der Waals surface area contributed by atoms with E-state index in [2.05, 4.69) is 21.3 Å². The van der Waals surface area contributed by atoms with Gasteiger partial charge in [0.2, 0.25) is 0 Å². The fourth-order valence-corrected chi connectivity index (χ4v) is 2.09. The van der Waals surface area contributed by atoms with Crippen molar-refractivity contribution in [2.45, 2.75) is 19.9 Å². The molecule has 0 aliphatic carbocycles. The van der Waals surface area contributed by atoms with Gasteiger partial charge in [0.25, 0.3) is 0 Å². The van der Waals surface area contributed by atoms with E-state index in [1.807, 2.05) is 13.0 Å². The van der Waals surface area contributed by atoms with Crippen molar-refractivity contribution in [2.24, 2.45) is 0 Å². The highest BCUT2D eigenvalue weighted by atomic mass is 35.5. The fraction of sp³-hybridized carbons (Fsp3) is 0.583. The average Bonchev–Trinajstić information content (AvgIpc) is 2.52. The normalized spacial score (nSPS) is 18.4. The summed E-state index contributed by atoms with van der Waals surface area (Å²) < 4.78 is 0. The summed E-state index contributed by atoms with van der Waals surface area (Å²) in [5.41, 5.74) is 2.11. The standard InChI is InChI=1S/C12H18ClN3/c1-10-3-4-11(15-12(10)13)9-16-7-2-5-14-6-8-16/h3-4,14H,2,5-9H2,1H3. The third-order valence-electron chi connectivity index (χ3n) is 2.91. The second-order valence-corrected chi connectivity index (χ2v) is 4.65. The number of halogens is 1. The number of nitrogens with zero attached hydrogens (tertiary/aromatic N) is 2. The van der Waals surface area contributed by atoms with Gasteiger partial charge >= 0.3 is 0 Å². The van der Waals surface area contributed by atoms with Crippen LogP contribution in [0.1, 0.15) is 17.7 Å². The molecule has 16 heavy (non-hydrogen) atoms. The Hall–Kier alpha value is -0.640. The fourth-order valence-electron chi connectivity index (χ4n) is 1.92. The van der Waals surface area contributed by atoms with Crippen molar-refractivity contribution in [2.75, 3.05) is 26.2 Å². The molecule has 1 N–H and O–H groups in total. The van der Waals surface area contributed by atoms with Crippen LogP contribution < -0.4 is 5.32 Å². The van der Waals surface area contributed by atoms with Gasteiger partial charge in [-0.05, 0) is 38.1 Å². The molecule has 2 rings (SSSR count). The lowest BCUT2D eigenvalue weighted by Gasteiger charge is -2.18. The minimum absolute atomic E-state index is 0.630. The molecule has 4 heteroatoms. The lowest BCUT2D eigenvalue weighted by Crippen LogP contribution is -2.28. The monoisotopic (exact) mass is 239 g/mol. The van der Waals surface area contributed by atoms with E-state index in [-0.39, 0.29) is 0 Å². The quantitative estimate of drug-likeness (QED) is 0.799. The highest BCUT2D eigenvalue weighted by Crippen LogP contribution is 2.13. The highest BCUT2D eigenvalue weighted by molar-refractivity contribution is 6.30. The number of pyridine rings is 1. The van der Waals surface area contributed by atoms with Gasteiger partial charge in [-0.25, -0.2) is 4.98 Å². The predicted molar refractivity (Wildman–Crippen MR) is 66.7 cm³/mol. The summed E-state index contributed by atoms with van der Waals surface area (Å²) in [7, 11) is 0. The van der Waals surface area contributed by atoms with Crippen LogP contribution in [0.5, 0.6) is 0 Å². The van der Waals surface area contributed by atoms with Gasteiger partial charge < -0.3 is 5.32 Å². The van der Waals surface area contributed by atoms with E-state index < -0.39 is 0 Å². The van der Waals surface area contributed by atoms with Crippen LogP contribution in [-0.4, -0.2) is 36.1 Å². The van der Waals surface area contributed by atoms with Crippen molar-refractivity contribution in [3.63, 3.8) is 0 Å². The summed E-state index contributed by atoms with van der Waals surface area (Å²) in [5.74, 6) is 0. The topological polar surface area (TPSA) is 28.2 Å². The SMILES string of the molecule is Cc1ccc(CN2CCCNCC2)nc1Cl. The largest absolute Gasteiger partial charge is 0.315 e. The van der Waals surface area contributed by atoms with Gasteiger partial charge in [-0.15, -0.1) is 0 Å². The van der Waals surface area contributed by atoms with E-state index in [9.17, 15) is 0 Å². The van der Waals surface area contributed by atoms with Gasteiger partial charge in [0.1, 0.15) is 5.15 Å². The molecule has 1 aliphatic rings. The summed E-state index contributed by atoms with van der Waals surface area (Å²) >= 11 is 6.02. The molecule has 1 aromatic heterocycles. The van der Waals surface area contributed by atoms with E-state index >= 15 is 0 Å². The summed E-state index contributed by atoms with van der Waals surface area (Å²) in [6.07, 6.45) is 1.21. The first-order chi connectivity index (χ1) is 7.75. The lowest BCUT2D eigenvalue weighted by atomic mass is 10.2. The van der Waals surface area contributed by atoms with E-state index in [0.717, 1.165) is 44.0 Å². The molecule has 1 aromatic rings. The van der Waals surface area contributed by atoms with Crippen LogP contribution in [0.25, 0.3) is 0 Å². The molecule has 2 heterocycles. The van der Waals surface area contributed by atoms with Gasteiger partial charge in [-0.1, -0.05) is 17.7 Å². The minimum Gasteiger partial charge on any atom is -0.315 e. The summed E-state index contributed by atoms with van der Waals surface area (Å²) in [5, 5.41) is 4.03. The van der Waals surface area contributed by atoms with Crippen molar-refractivity contribution < 1.29 is 0 Å². The lowest BCUT2D eigenvalue weighted by molar-refractivity contribution is 0.281. The molecule has 1 aliphatic heterocycles. The van der Waals surface area contributed by atoms with Crippen LogP contribution in [0.3, 0.4) is 0 Å². The summed E-state index contributed by atoms with van der Waals surface area (Å²) in [6, 6.07) is 4.11. The minimum atomic E-state index is 0.630. The Morgan fingerprint density at radius 3 is 3.06 bits per heavy atom. The van der Waals surface area contributed by atoms with Gasteiger partial charge in [-0.3, -0.25) is 4.90 Å². The predicted octanol–water partition coefficient (Wildman–Crippen LogP) is 1.84. The van der Waals surface area contributed by atoms with Crippen LogP contribution in [0.2, 0.25) is 5.15 Å². The number of aryl methyl sites for hydroxylation is 1. The van der Waals surface area contributed by atoms with E-state index in [1.165, 1.54) is 6.42 Å². The Morgan fingerprint density at radius 2 is 2.25 bits per heavy atom. The van der Waals surface area contributed by atoms with Gasteiger partial charge in [-0.2, -0.15) is 0 Å². The summed E-state index contributed by atoms with van der Waals surface area (Å²) in [6.45, 7) is 7.31. The number of aromatic nitrogens is 1. The maximum absolute atomic E-state index is 6.02.